The number of alkyl halides is 6. The number of rotatable bonds is 6. The molecular formula is C24H22F7N5O2. The summed E-state index contributed by atoms with van der Waals surface area (Å²) in [6.45, 7) is -2.80. The van der Waals surface area contributed by atoms with Gasteiger partial charge in [0, 0.05) is 37.1 Å². The second-order valence-electron chi connectivity index (χ2n) is 8.68. The van der Waals surface area contributed by atoms with Gasteiger partial charge in [-0.2, -0.15) is 26.3 Å². The first-order valence-electron chi connectivity index (χ1n) is 11.3. The average Bonchev–Trinajstić information content (AvgIpc) is 2.84. The van der Waals surface area contributed by atoms with E-state index in [0.29, 0.717) is 12.1 Å². The van der Waals surface area contributed by atoms with Gasteiger partial charge in [-0.05, 0) is 23.8 Å². The number of halogens is 7. The Bertz CT molecular complexity index is 1310. The Hall–Kier alpha value is -3.68. The molecule has 0 N–H and O–H groups in total. The fourth-order valence-corrected chi connectivity index (χ4v) is 4.13. The number of hydrogen-bond acceptors (Lipinski definition) is 6. The Balaban J connectivity index is 1.57. The molecule has 3 aromatic rings. The van der Waals surface area contributed by atoms with E-state index in [4.69, 9.17) is 4.74 Å². The molecule has 0 aliphatic carbocycles. The molecule has 14 heteroatoms. The topological polar surface area (TPSA) is 63.5 Å². The van der Waals surface area contributed by atoms with Crippen molar-refractivity contribution >= 4 is 11.6 Å². The van der Waals surface area contributed by atoms with E-state index >= 15 is 0 Å². The van der Waals surface area contributed by atoms with E-state index in [1.807, 2.05) is 0 Å². The highest BCUT2D eigenvalue weighted by Crippen LogP contribution is 2.30. The minimum Gasteiger partial charge on any atom is -0.370 e. The third-order valence-electron chi connectivity index (χ3n) is 5.88. The van der Waals surface area contributed by atoms with Gasteiger partial charge < -0.3 is 14.5 Å². The summed E-state index contributed by atoms with van der Waals surface area (Å²) in [6, 6.07) is 7.75. The standard InChI is InChI=1S/C24H22F7N5O2/c1-34-21(37)10-19(17-6-7-32-11-18(17)25)33-22(34)35-8-9-38-20(12-35)15-2-4-16(5-3-15)36(13-23(26,27)28)14-24(29,30)31/h2-7,10-11,20H,8-9,12-14H2,1H3/t20-/m1/s1. The minimum absolute atomic E-state index is 0.0987. The van der Waals surface area contributed by atoms with Crippen LogP contribution < -0.4 is 15.4 Å². The summed E-state index contributed by atoms with van der Waals surface area (Å²) in [4.78, 5) is 22.7. The van der Waals surface area contributed by atoms with Gasteiger partial charge >= 0.3 is 12.4 Å². The average molecular weight is 545 g/mol. The van der Waals surface area contributed by atoms with Crippen LogP contribution in [-0.2, 0) is 11.8 Å². The highest BCUT2D eigenvalue weighted by Gasteiger charge is 2.37. The molecule has 1 fully saturated rings. The number of pyridine rings is 1. The quantitative estimate of drug-likeness (QED) is 0.426. The molecule has 0 spiro atoms. The summed E-state index contributed by atoms with van der Waals surface area (Å²) in [5.41, 5.74) is 0.0559. The van der Waals surface area contributed by atoms with Gasteiger partial charge in [0.25, 0.3) is 5.56 Å². The molecule has 38 heavy (non-hydrogen) atoms. The van der Waals surface area contributed by atoms with Crippen LogP contribution in [-0.4, -0.2) is 59.7 Å². The third-order valence-corrected chi connectivity index (χ3v) is 5.88. The molecular weight excluding hydrogens is 523 g/mol. The molecule has 204 valence electrons. The van der Waals surface area contributed by atoms with Crippen molar-refractivity contribution in [3.63, 3.8) is 0 Å². The number of aromatic nitrogens is 3. The molecule has 1 atom stereocenters. The first-order chi connectivity index (χ1) is 17.8. The lowest BCUT2D eigenvalue weighted by Crippen LogP contribution is -2.42. The fourth-order valence-electron chi connectivity index (χ4n) is 4.13. The number of hydrogen-bond donors (Lipinski definition) is 0. The molecule has 0 bridgehead atoms. The highest BCUT2D eigenvalue weighted by atomic mass is 19.4. The monoisotopic (exact) mass is 545 g/mol. The van der Waals surface area contributed by atoms with Crippen LogP contribution in [0.3, 0.4) is 0 Å². The zero-order valence-electron chi connectivity index (χ0n) is 19.9. The van der Waals surface area contributed by atoms with E-state index in [1.54, 1.807) is 4.90 Å². The molecule has 7 nitrogen and oxygen atoms in total. The summed E-state index contributed by atoms with van der Waals surface area (Å²) in [5.74, 6) is -0.403. The molecule has 4 rings (SSSR count). The SMILES string of the molecule is Cn1c(N2CCO[C@@H](c3ccc(N(CC(F)(F)F)CC(F)(F)F)cc3)C2)nc(-c2ccncc2F)cc1=O. The Morgan fingerprint density at radius 1 is 1.05 bits per heavy atom. The summed E-state index contributed by atoms with van der Waals surface area (Å²) >= 11 is 0. The number of nitrogens with zero attached hydrogens (tertiary/aromatic N) is 5. The molecule has 2 aromatic heterocycles. The van der Waals surface area contributed by atoms with Gasteiger partial charge in [-0.25, -0.2) is 9.37 Å². The van der Waals surface area contributed by atoms with E-state index in [9.17, 15) is 35.5 Å². The van der Waals surface area contributed by atoms with Gasteiger partial charge in [-0.1, -0.05) is 12.1 Å². The van der Waals surface area contributed by atoms with Crippen LogP contribution in [0.25, 0.3) is 11.3 Å². The Morgan fingerprint density at radius 3 is 2.32 bits per heavy atom. The zero-order chi connectivity index (χ0) is 27.7. The number of morpholine rings is 1. The largest absolute Gasteiger partial charge is 0.405 e. The Kier molecular flexibility index (Phi) is 7.63. The zero-order valence-corrected chi connectivity index (χ0v) is 19.9. The third kappa shape index (κ3) is 6.60. The molecule has 1 saturated heterocycles. The van der Waals surface area contributed by atoms with E-state index in [1.165, 1.54) is 54.2 Å². The van der Waals surface area contributed by atoms with E-state index in [-0.39, 0.29) is 40.9 Å². The lowest BCUT2D eigenvalue weighted by atomic mass is 10.1. The minimum atomic E-state index is -4.83. The maximum Gasteiger partial charge on any atom is 0.405 e. The molecule has 3 heterocycles. The maximum atomic E-state index is 14.3. The number of ether oxygens (including phenoxy) is 1. The van der Waals surface area contributed by atoms with Crippen molar-refractivity contribution in [3.8, 4) is 11.3 Å². The Morgan fingerprint density at radius 2 is 1.71 bits per heavy atom. The van der Waals surface area contributed by atoms with Crippen molar-refractivity contribution in [2.24, 2.45) is 7.05 Å². The van der Waals surface area contributed by atoms with Gasteiger partial charge in [0.2, 0.25) is 5.95 Å². The molecule has 0 unspecified atom stereocenters. The summed E-state index contributed by atoms with van der Waals surface area (Å²) in [5, 5.41) is 0. The second kappa shape index (κ2) is 10.6. The van der Waals surface area contributed by atoms with Gasteiger partial charge in [-0.15, -0.1) is 0 Å². The summed E-state index contributed by atoms with van der Waals surface area (Å²) < 4.78 is 98.6. The molecule has 0 saturated carbocycles. The smallest absolute Gasteiger partial charge is 0.370 e. The predicted molar refractivity (Wildman–Crippen MR) is 124 cm³/mol. The predicted octanol–water partition coefficient (Wildman–Crippen LogP) is 4.49. The second-order valence-corrected chi connectivity index (χ2v) is 8.68. The van der Waals surface area contributed by atoms with Crippen LogP contribution in [0, 0.1) is 5.82 Å². The Labute approximate surface area is 212 Å². The molecule has 1 aromatic carbocycles. The van der Waals surface area contributed by atoms with Crippen LogP contribution in [0.1, 0.15) is 11.7 Å². The van der Waals surface area contributed by atoms with E-state index in [0.717, 1.165) is 6.20 Å². The lowest BCUT2D eigenvalue weighted by Gasteiger charge is -2.35. The van der Waals surface area contributed by atoms with Crippen LogP contribution in [0.4, 0.5) is 42.4 Å². The normalized spacial score (nSPS) is 16.5. The van der Waals surface area contributed by atoms with E-state index < -0.39 is 42.9 Å². The molecule has 1 aliphatic rings. The van der Waals surface area contributed by atoms with Crippen molar-refractivity contribution in [3.05, 3.63) is 70.5 Å². The van der Waals surface area contributed by atoms with Crippen molar-refractivity contribution < 1.29 is 35.5 Å². The summed E-state index contributed by atoms with van der Waals surface area (Å²) in [7, 11) is 1.51. The van der Waals surface area contributed by atoms with Gasteiger partial charge in [0.1, 0.15) is 19.2 Å². The van der Waals surface area contributed by atoms with Crippen molar-refractivity contribution in [1.82, 2.24) is 14.5 Å². The van der Waals surface area contributed by atoms with Crippen LogP contribution in [0.15, 0.2) is 53.6 Å². The van der Waals surface area contributed by atoms with Gasteiger partial charge in [0.15, 0.2) is 5.82 Å². The van der Waals surface area contributed by atoms with Gasteiger partial charge in [0.05, 0.1) is 25.0 Å². The molecule has 1 aliphatic heterocycles. The van der Waals surface area contributed by atoms with Crippen molar-refractivity contribution in [1.29, 1.82) is 0 Å². The van der Waals surface area contributed by atoms with Crippen molar-refractivity contribution in [2.45, 2.75) is 18.5 Å². The summed E-state index contributed by atoms with van der Waals surface area (Å²) in [6.07, 6.45) is -7.89. The van der Waals surface area contributed by atoms with Crippen LogP contribution in [0.2, 0.25) is 0 Å². The molecule has 0 radical (unpaired) electrons. The van der Waals surface area contributed by atoms with Crippen molar-refractivity contribution in [2.75, 3.05) is 42.6 Å². The number of benzene rings is 1. The highest BCUT2D eigenvalue weighted by molar-refractivity contribution is 5.60. The number of anilines is 2. The van der Waals surface area contributed by atoms with Crippen LogP contribution >= 0.6 is 0 Å². The van der Waals surface area contributed by atoms with Crippen LogP contribution in [0.5, 0.6) is 0 Å². The first kappa shape index (κ1) is 27.4. The lowest BCUT2D eigenvalue weighted by molar-refractivity contribution is -0.137. The van der Waals surface area contributed by atoms with E-state index in [2.05, 4.69) is 9.97 Å². The molecule has 0 amide bonds. The fraction of sp³-hybridized carbons (Fsp3) is 0.375. The van der Waals surface area contributed by atoms with Gasteiger partial charge in [-0.3, -0.25) is 14.3 Å². The maximum absolute atomic E-state index is 14.3. The first-order valence-corrected chi connectivity index (χ1v) is 11.3.